The summed E-state index contributed by atoms with van der Waals surface area (Å²) in [6.45, 7) is 0. The summed E-state index contributed by atoms with van der Waals surface area (Å²) in [6.07, 6.45) is 2.97. The number of carbonyl (C=O) groups is 2. The molecule has 6 nitrogen and oxygen atoms in total. The van der Waals surface area contributed by atoms with Crippen LogP contribution in [0.25, 0.3) is 6.08 Å². The van der Waals surface area contributed by atoms with Gasteiger partial charge in [-0.1, -0.05) is 28.1 Å². The second kappa shape index (κ2) is 9.05. The van der Waals surface area contributed by atoms with E-state index in [-0.39, 0.29) is 11.5 Å². The lowest BCUT2D eigenvalue weighted by Crippen LogP contribution is -2.30. The Bertz CT molecular complexity index is 978. The fourth-order valence-corrected chi connectivity index (χ4v) is 2.61. The van der Waals surface area contributed by atoms with Crippen LogP contribution in [0.15, 0.2) is 81.5 Å². The molecule has 0 saturated carbocycles. The quantitative estimate of drug-likeness (QED) is 0.554. The van der Waals surface area contributed by atoms with E-state index in [9.17, 15) is 9.59 Å². The first kappa shape index (κ1) is 19.4. The second-order valence-electron chi connectivity index (χ2n) is 5.72. The van der Waals surface area contributed by atoms with Crippen molar-refractivity contribution >= 4 is 39.5 Å². The predicted molar refractivity (Wildman–Crippen MR) is 110 cm³/mol. The van der Waals surface area contributed by atoms with Crippen LogP contribution in [0.5, 0.6) is 5.75 Å². The van der Waals surface area contributed by atoms with Crippen LogP contribution in [0.1, 0.15) is 16.1 Å². The van der Waals surface area contributed by atoms with E-state index in [0.717, 1.165) is 10.0 Å². The number of nitrogens with one attached hydrogen (secondary N) is 2. The molecule has 0 aliphatic rings. The van der Waals surface area contributed by atoms with Gasteiger partial charge in [0, 0.05) is 10.2 Å². The highest BCUT2D eigenvalue weighted by Gasteiger charge is 2.16. The Morgan fingerprint density at radius 1 is 1.04 bits per heavy atom. The number of methoxy groups -OCH3 is 1. The lowest BCUT2D eigenvalue weighted by molar-refractivity contribution is -0.113. The minimum atomic E-state index is -0.518. The van der Waals surface area contributed by atoms with Crippen molar-refractivity contribution in [3.63, 3.8) is 0 Å². The summed E-state index contributed by atoms with van der Waals surface area (Å²) >= 11 is 3.35. The molecule has 0 atom stereocenters. The highest BCUT2D eigenvalue weighted by atomic mass is 79.9. The number of amides is 2. The zero-order chi connectivity index (χ0) is 19.9. The first-order valence-corrected chi connectivity index (χ1v) is 9.12. The van der Waals surface area contributed by atoms with Gasteiger partial charge in [0.25, 0.3) is 11.8 Å². The predicted octanol–water partition coefficient (Wildman–Crippen LogP) is 4.46. The van der Waals surface area contributed by atoms with Crippen molar-refractivity contribution in [2.75, 3.05) is 12.4 Å². The minimum absolute atomic E-state index is 0.0782. The first-order valence-electron chi connectivity index (χ1n) is 8.32. The van der Waals surface area contributed by atoms with Crippen LogP contribution in [0, 0.1) is 0 Å². The van der Waals surface area contributed by atoms with Crippen molar-refractivity contribution < 1.29 is 18.7 Å². The van der Waals surface area contributed by atoms with Crippen molar-refractivity contribution in [3.8, 4) is 5.75 Å². The molecule has 3 aromatic rings. The smallest absolute Gasteiger partial charge is 0.291 e. The van der Waals surface area contributed by atoms with Gasteiger partial charge in [-0.15, -0.1) is 0 Å². The molecule has 0 bridgehead atoms. The van der Waals surface area contributed by atoms with Crippen molar-refractivity contribution in [1.82, 2.24) is 5.32 Å². The molecule has 1 aromatic heterocycles. The summed E-state index contributed by atoms with van der Waals surface area (Å²) < 4.78 is 11.1. The number of ether oxygens (including phenoxy) is 1. The highest BCUT2D eigenvalue weighted by Crippen LogP contribution is 2.17. The zero-order valence-corrected chi connectivity index (χ0v) is 16.5. The summed E-state index contributed by atoms with van der Waals surface area (Å²) in [5, 5.41) is 5.37. The van der Waals surface area contributed by atoms with Crippen LogP contribution in [0.4, 0.5) is 5.69 Å². The van der Waals surface area contributed by atoms with Crippen molar-refractivity contribution in [2.24, 2.45) is 0 Å². The summed E-state index contributed by atoms with van der Waals surface area (Å²) in [5.41, 5.74) is 1.40. The number of halogens is 1. The molecule has 2 N–H and O–H groups in total. The van der Waals surface area contributed by atoms with Gasteiger partial charge in [0.2, 0.25) is 0 Å². The van der Waals surface area contributed by atoms with Crippen LogP contribution in [0.2, 0.25) is 0 Å². The van der Waals surface area contributed by atoms with Gasteiger partial charge < -0.3 is 19.8 Å². The summed E-state index contributed by atoms with van der Waals surface area (Å²) in [5.74, 6) is -0.177. The van der Waals surface area contributed by atoms with Gasteiger partial charge in [-0.05, 0) is 60.2 Å². The molecule has 2 amide bonds. The number of furan rings is 1. The fraction of sp³-hybridized carbons (Fsp3) is 0.0476. The number of rotatable bonds is 6. The molecule has 0 saturated heterocycles. The lowest BCUT2D eigenvalue weighted by Gasteiger charge is -2.11. The van der Waals surface area contributed by atoms with E-state index < -0.39 is 11.8 Å². The topological polar surface area (TPSA) is 80.6 Å². The molecule has 0 aliphatic carbocycles. The first-order chi connectivity index (χ1) is 13.5. The molecule has 7 heteroatoms. The van der Waals surface area contributed by atoms with Crippen molar-refractivity contribution in [2.45, 2.75) is 0 Å². The molecular weight excluding hydrogens is 424 g/mol. The summed E-state index contributed by atoms with van der Waals surface area (Å²) in [6, 6.07) is 17.3. The number of benzene rings is 2. The van der Waals surface area contributed by atoms with E-state index in [4.69, 9.17) is 9.15 Å². The third kappa shape index (κ3) is 5.11. The number of hydrogen-bond donors (Lipinski definition) is 2. The van der Waals surface area contributed by atoms with Gasteiger partial charge in [0.05, 0.1) is 13.4 Å². The maximum absolute atomic E-state index is 12.8. The zero-order valence-electron chi connectivity index (χ0n) is 14.9. The maximum Gasteiger partial charge on any atom is 0.291 e. The Balaban J connectivity index is 1.85. The van der Waals surface area contributed by atoms with Gasteiger partial charge in [-0.3, -0.25) is 9.59 Å². The van der Waals surface area contributed by atoms with Crippen molar-refractivity contribution in [3.05, 3.63) is 88.4 Å². The Kier molecular flexibility index (Phi) is 6.29. The van der Waals surface area contributed by atoms with E-state index in [1.165, 1.54) is 12.3 Å². The van der Waals surface area contributed by atoms with Gasteiger partial charge in [-0.2, -0.15) is 0 Å². The fourth-order valence-electron chi connectivity index (χ4n) is 2.35. The third-order valence-electron chi connectivity index (χ3n) is 3.77. The van der Waals surface area contributed by atoms with E-state index in [1.54, 1.807) is 55.7 Å². The van der Waals surface area contributed by atoms with Gasteiger partial charge in [0.1, 0.15) is 11.4 Å². The van der Waals surface area contributed by atoms with Crippen LogP contribution in [0.3, 0.4) is 0 Å². The SMILES string of the molecule is COc1ccc(/C=C(/NC(=O)c2ccco2)C(=O)Nc2ccc(Br)cc2)cc1. The average molecular weight is 441 g/mol. The highest BCUT2D eigenvalue weighted by molar-refractivity contribution is 9.10. The molecule has 0 radical (unpaired) electrons. The van der Waals surface area contributed by atoms with Crippen LogP contribution in [-0.4, -0.2) is 18.9 Å². The molecule has 142 valence electrons. The lowest BCUT2D eigenvalue weighted by atomic mass is 10.1. The molecule has 2 aromatic carbocycles. The average Bonchev–Trinajstić information content (AvgIpc) is 3.25. The summed E-state index contributed by atoms with van der Waals surface area (Å²) in [4.78, 5) is 25.1. The second-order valence-corrected chi connectivity index (χ2v) is 6.64. The van der Waals surface area contributed by atoms with Crippen LogP contribution in [-0.2, 0) is 4.79 Å². The van der Waals surface area contributed by atoms with Crippen LogP contribution >= 0.6 is 15.9 Å². The molecule has 3 rings (SSSR count). The van der Waals surface area contributed by atoms with Gasteiger partial charge in [0.15, 0.2) is 5.76 Å². The van der Waals surface area contributed by atoms with E-state index in [2.05, 4.69) is 26.6 Å². The minimum Gasteiger partial charge on any atom is -0.497 e. The number of anilines is 1. The molecule has 0 spiro atoms. The molecular formula is C21H17BrN2O4. The van der Waals surface area contributed by atoms with Gasteiger partial charge in [-0.25, -0.2) is 0 Å². The number of carbonyl (C=O) groups excluding carboxylic acids is 2. The number of hydrogen-bond acceptors (Lipinski definition) is 4. The Morgan fingerprint density at radius 2 is 1.75 bits per heavy atom. The van der Waals surface area contributed by atoms with Crippen LogP contribution < -0.4 is 15.4 Å². The van der Waals surface area contributed by atoms with Gasteiger partial charge >= 0.3 is 0 Å². The molecule has 0 unspecified atom stereocenters. The van der Waals surface area contributed by atoms with E-state index in [1.807, 2.05) is 12.1 Å². The maximum atomic E-state index is 12.8. The standard InChI is InChI=1S/C21H17BrN2O4/c1-27-17-10-4-14(5-11-17)13-18(24-21(26)19-3-2-12-28-19)20(25)23-16-8-6-15(22)7-9-16/h2-13H,1H3,(H,23,25)(H,24,26)/b18-13+. The Labute approximate surface area is 170 Å². The van der Waals surface area contributed by atoms with Crippen molar-refractivity contribution in [1.29, 1.82) is 0 Å². The molecule has 1 heterocycles. The van der Waals surface area contributed by atoms with E-state index in [0.29, 0.717) is 11.4 Å². The normalized spacial score (nSPS) is 11.0. The summed E-state index contributed by atoms with van der Waals surface area (Å²) in [7, 11) is 1.57. The Morgan fingerprint density at radius 3 is 2.36 bits per heavy atom. The monoisotopic (exact) mass is 440 g/mol. The molecule has 0 aliphatic heterocycles. The largest absolute Gasteiger partial charge is 0.497 e. The molecule has 28 heavy (non-hydrogen) atoms. The third-order valence-corrected chi connectivity index (χ3v) is 4.30. The molecule has 0 fully saturated rings. The Hall–Kier alpha value is -3.32. The van der Waals surface area contributed by atoms with E-state index >= 15 is 0 Å².